The summed E-state index contributed by atoms with van der Waals surface area (Å²) in [6.07, 6.45) is 3.48. The van der Waals surface area contributed by atoms with Gasteiger partial charge in [0.05, 0.1) is 0 Å². The van der Waals surface area contributed by atoms with E-state index in [0.29, 0.717) is 12.2 Å². The van der Waals surface area contributed by atoms with Gasteiger partial charge in [-0.15, -0.1) is 0 Å². The molecule has 3 aromatic rings. The van der Waals surface area contributed by atoms with E-state index in [0.717, 1.165) is 11.2 Å². The molecule has 0 spiro atoms. The molecule has 0 unspecified atom stereocenters. The third-order valence-electron chi connectivity index (χ3n) is 3.36. The summed E-state index contributed by atoms with van der Waals surface area (Å²) < 4.78 is 1.78. The van der Waals surface area contributed by atoms with Gasteiger partial charge in [0.2, 0.25) is 0 Å². The number of nitrogens with one attached hydrogen (secondary N) is 1. The second-order valence-electron chi connectivity index (χ2n) is 4.68. The van der Waals surface area contributed by atoms with Crippen molar-refractivity contribution < 1.29 is 4.79 Å². The summed E-state index contributed by atoms with van der Waals surface area (Å²) in [5.74, 6) is -0.100. The molecule has 20 heavy (non-hydrogen) atoms. The molecule has 3 rings (SSSR count). The molecule has 0 atom stereocenters. The van der Waals surface area contributed by atoms with Crippen LogP contribution in [-0.4, -0.2) is 15.3 Å². The van der Waals surface area contributed by atoms with Crippen molar-refractivity contribution in [2.24, 2.45) is 0 Å². The molecule has 2 aromatic heterocycles. The van der Waals surface area contributed by atoms with Gasteiger partial charge in [-0.05, 0) is 30.2 Å². The van der Waals surface area contributed by atoms with E-state index in [9.17, 15) is 4.79 Å². The smallest absolute Gasteiger partial charge is 0.268 e. The molecule has 100 valence electrons. The Bertz CT molecular complexity index is 761. The lowest BCUT2D eigenvalue weighted by molar-refractivity contribution is 0.0944. The van der Waals surface area contributed by atoms with Crippen molar-refractivity contribution in [3.8, 4) is 0 Å². The molecule has 0 aliphatic rings. The molecular weight excluding hydrogens is 250 g/mol. The van der Waals surface area contributed by atoms with Crippen LogP contribution in [0.4, 0.5) is 0 Å². The fourth-order valence-corrected chi connectivity index (χ4v) is 2.21. The zero-order valence-electron chi connectivity index (χ0n) is 11.2. The van der Waals surface area contributed by atoms with E-state index >= 15 is 0 Å². The molecule has 0 bridgehead atoms. The molecule has 2 heterocycles. The number of aryl methyl sites for hydroxylation is 1. The number of rotatable bonds is 3. The van der Waals surface area contributed by atoms with Gasteiger partial charge in [-0.1, -0.05) is 30.3 Å². The highest BCUT2D eigenvalue weighted by atomic mass is 16.1. The molecular formula is C16H15N3O. The van der Waals surface area contributed by atoms with Crippen molar-refractivity contribution in [2.75, 3.05) is 0 Å². The lowest BCUT2D eigenvalue weighted by Gasteiger charge is -2.09. The zero-order valence-corrected chi connectivity index (χ0v) is 11.2. The normalized spacial score (nSPS) is 10.7. The van der Waals surface area contributed by atoms with E-state index in [4.69, 9.17) is 0 Å². The minimum Gasteiger partial charge on any atom is -0.347 e. The molecule has 1 amide bonds. The minimum atomic E-state index is -0.100. The van der Waals surface area contributed by atoms with Crippen LogP contribution in [0, 0.1) is 6.92 Å². The Morgan fingerprint density at radius 2 is 2.05 bits per heavy atom. The Balaban J connectivity index is 1.80. The van der Waals surface area contributed by atoms with E-state index in [1.54, 1.807) is 22.9 Å². The second-order valence-corrected chi connectivity index (χ2v) is 4.68. The first kappa shape index (κ1) is 12.4. The first-order chi connectivity index (χ1) is 9.75. The SMILES string of the molecule is Cc1ccccc1CNC(=O)c1cccc2nccn12. The van der Waals surface area contributed by atoms with Crippen molar-refractivity contribution >= 4 is 11.6 Å². The number of imidazole rings is 1. The summed E-state index contributed by atoms with van der Waals surface area (Å²) in [6.45, 7) is 2.56. The van der Waals surface area contributed by atoms with Gasteiger partial charge >= 0.3 is 0 Å². The van der Waals surface area contributed by atoms with E-state index in [-0.39, 0.29) is 5.91 Å². The minimum absolute atomic E-state index is 0.100. The Kier molecular flexibility index (Phi) is 3.21. The van der Waals surface area contributed by atoms with Crippen molar-refractivity contribution in [1.29, 1.82) is 0 Å². The van der Waals surface area contributed by atoms with Crippen LogP contribution in [0.1, 0.15) is 21.6 Å². The van der Waals surface area contributed by atoms with Gasteiger partial charge in [0, 0.05) is 18.9 Å². The molecule has 0 fully saturated rings. The Hall–Kier alpha value is -2.62. The summed E-state index contributed by atoms with van der Waals surface area (Å²) in [7, 11) is 0. The predicted molar refractivity (Wildman–Crippen MR) is 77.5 cm³/mol. The number of nitrogens with zero attached hydrogens (tertiary/aromatic N) is 2. The van der Waals surface area contributed by atoms with Crippen LogP contribution in [0.25, 0.3) is 5.65 Å². The van der Waals surface area contributed by atoms with Crippen LogP contribution >= 0.6 is 0 Å². The topological polar surface area (TPSA) is 46.4 Å². The second kappa shape index (κ2) is 5.17. The number of benzene rings is 1. The van der Waals surface area contributed by atoms with Crippen LogP contribution in [0.2, 0.25) is 0 Å². The van der Waals surface area contributed by atoms with Gasteiger partial charge in [0.25, 0.3) is 5.91 Å². The Labute approximate surface area is 117 Å². The van der Waals surface area contributed by atoms with E-state index in [1.165, 1.54) is 5.56 Å². The molecule has 0 saturated heterocycles. The number of aromatic nitrogens is 2. The molecule has 0 radical (unpaired) electrons. The van der Waals surface area contributed by atoms with Crippen LogP contribution in [-0.2, 0) is 6.54 Å². The van der Waals surface area contributed by atoms with Crippen molar-refractivity contribution in [1.82, 2.24) is 14.7 Å². The van der Waals surface area contributed by atoms with Crippen molar-refractivity contribution in [3.63, 3.8) is 0 Å². The van der Waals surface area contributed by atoms with Gasteiger partial charge in [0.1, 0.15) is 11.3 Å². The average Bonchev–Trinajstić information content (AvgIpc) is 2.94. The summed E-state index contributed by atoms with van der Waals surface area (Å²) in [5.41, 5.74) is 3.66. The molecule has 0 aliphatic carbocycles. The van der Waals surface area contributed by atoms with Gasteiger partial charge < -0.3 is 5.32 Å². The Morgan fingerprint density at radius 1 is 1.20 bits per heavy atom. The number of pyridine rings is 1. The van der Waals surface area contributed by atoms with Crippen LogP contribution in [0.3, 0.4) is 0 Å². The first-order valence-corrected chi connectivity index (χ1v) is 6.50. The molecule has 4 nitrogen and oxygen atoms in total. The molecule has 1 aromatic carbocycles. The lowest BCUT2D eigenvalue weighted by Crippen LogP contribution is -2.25. The zero-order chi connectivity index (χ0) is 13.9. The van der Waals surface area contributed by atoms with E-state index < -0.39 is 0 Å². The number of hydrogen-bond acceptors (Lipinski definition) is 2. The molecule has 0 aliphatic heterocycles. The monoisotopic (exact) mass is 265 g/mol. The highest BCUT2D eigenvalue weighted by Crippen LogP contribution is 2.08. The van der Waals surface area contributed by atoms with Gasteiger partial charge in [-0.25, -0.2) is 4.98 Å². The highest BCUT2D eigenvalue weighted by Gasteiger charge is 2.09. The average molecular weight is 265 g/mol. The number of fused-ring (bicyclic) bond motifs is 1. The predicted octanol–water partition coefficient (Wildman–Crippen LogP) is 2.57. The summed E-state index contributed by atoms with van der Waals surface area (Å²) in [5, 5.41) is 2.95. The summed E-state index contributed by atoms with van der Waals surface area (Å²) >= 11 is 0. The highest BCUT2D eigenvalue weighted by molar-refractivity contribution is 5.93. The lowest BCUT2D eigenvalue weighted by atomic mass is 10.1. The van der Waals surface area contributed by atoms with E-state index in [1.807, 2.05) is 43.3 Å². The third-order valence-corrected chi connectivity index (χ3v) is 3.36. The van der Waals surface area contributed by atoms with Crippen LogP contribution < -0.4 is 5.32 Å². The van der Waals surface area contributed by atoms with Gasteiger partial charge in [-0.3, -0.25) is 9.20 Å². The maximum atomic E-state index is 12.3. The quantitative estimate of drug-likeness (QED) is 0.791. The number of hydrogen-bond donors (Lipinski definition) is 1. The van der Waals surface area contributed by atoms with Crippen molar-refractivity contribution in [2.45, 2.75) is 13.5 Å². The third kappa shape index (κ3) is 2.28. The maximum absolute atomic E-state index is 12.3. The number of amides is 1. The fraction of sp³-hybridized carbons (Fsp3) is 0.125. The molecule has 0 saturated carbocycles. The molecule has 1 N–H and O–H groups in total. The number of carbonyl (C=O) groups excluding carboxylic acids is 1. The van der Waals surface area contributed by atoms with Gasteiger partial charge in [0.15, 0.2) is 0 Å². The molecule has 4 heteroatoms. The standard InChI is InChI=1S/C16H15N3O/c1-12-5-2-3-6-13(12)11-18-16(20)14-7-4-8-15-17-9-10-19(14)15/h2-10H,11H2,1H3,(H,18,20). The van der Waals surface area contributed by atoms with Crippen LogP contribution in [0.5, 0.6) is 0 Å². The van der Waals surface area contributed by atoms with Crippen molar-refractivity contribution in [3.05, 3.63) is 71.7 Å². The summed E-state index contributed by atoms with van der Waals surface area (Å²) in [6, 6.07) is 13.5. The number of carbonyl (C=O) groups is 1. The van der Waals surface area contributed by atoms with E-state index in [2.05, 4.69) is 10.3 Å². The largest absolute Gasteiger partial charge is 0.347 e. The van der Waals surface area contributed by atoms with Crippen LogP contribution in [0.15, 0.2) is 54.9 Å². The van der Waals surface area contributed by atoms with Gasteiger partial charge in [-0.2, -0.15) is 0 Å². The maximum Gasteiger partial charge on any atom is 0.268 e. The Morgan fingerprint density at radius 3 is 2.90 bits per heavy atom. The first-order valence-electron chi connectivity index (χ1n) is 6.50. The summed E-state index contributed by atoms with van der Waals surface area (Å²) in [4.78, 5) is 16.5. The fourth-order valence-electron chi connectivity index (χ4n) is 2.21.